The van der Waals surface area contributed by atoms with E-state index in [-0.39, 0.29) is 12.2 Å². The smallest absolute Gasteiger partial charge is 0.357 e. The van der Waals surface area contributed by atoms with E-state index >= 15 is 0 Å². The van der Waals surface area contributed by atoms with Gasteiger partial charge in [0.05, 0.1) is 5.52 Å². The van der Waals surface area contributed by atoms with Crippen LogP contribution in [0.4, 0.5) is 0 Å². The molecule has 2 aromatic rings. The van der Waals surface area contributed by atoms with Gasteiger partial charge in [0.15, 0.2) is 5.69 Å². The molecule has 106 valence electrons. The standard InChI is InChI=1S/C14H16N2O4/c1-14(2,3)20-11(17)8-16-10-7-5-4-6-9(10)12(15-16)13(18)19/h4-7H,8H2,1-3H3,(H,18,19). The number of esters is 1. The first-order valence-corrected chi connectivity index (χ1v) is 6.18. The van der Waals surface area contributed by atoms with Crippen molar-refractivity contribution < 1.29 is 19.4 Å². The highest BCUT2D eigenvalue weighted by Crippen LogP contribution is 2.19. The Kier molecular flexibility index (Phi) is 3.48. The van der Waals surface area contributed by atoms with E-state index in [1.807, 2.05) is 0 Å². The molecule has 1 N–H and O–H groups in total. The highest BCUT2D eigenvalue weighted by molar-refractivity contribution is 6.01. The summed E-state index contributed by atoms with van der Waals surface area (Å²) in [5, 5.41) is 13.6. The Morgan fingerprint density at radius 3 is 2.55 bits per heavy atom. The maximum Gasteiger partial charge on any atom is 0.357 e. The van der Waals surface area contributed by atoms with E-state index < -0.39 is 17.5 Å². The van der Waals surface area contributed by atoms with Crippen LogP contribution in [0.3, 0.4) is 0 Å². The summed E-state index contributed by atoms with van der Waals surface area (Å²) < 4.78 is 6.57. The largest absolute Gasteiger partial charge is 0.476 e. The lowest BCUT2D eigenvalue weighted by atomic mass is 10.2. The number of aromatic nitrogens is 2. The second kappa shape index (κ2) is 4.96. The molecule has 0 saturated carbocycles. The summed E-state index contributed by atoms with van der Waals surface area (Å²) >= 11 is 0. The summed E-state index contributed by atoms with van der Waals surface area (Å²) in [6.07, 6.45) is 0. The molecule has 0 unspecified atom stereocenters. The summed E-state index contributed by atoms with van der Waals surface area (Å²) in [4.78, 5) is 23.0. The van der Waals surface area contributed by atoms with Crippen molar-refractivity contribution in [3.05, 3.63) is 30.0 Å². The van der Waals surface area contributed by atoms with Crippen LogP contribution in [0.15, 0.2) is 24.3 Å². The first-order valence-electron chi connectivity index (χ1n) is 6.18. The monoisotopic (exact) mass is 276 g/mol. The number of carboxylic acids is 1. The number of hydrogen-bond acceptors (Lipinski definition) is 4. The molecule has 0 aliphatic heterocycles. The van der Waals surface area contributed by atoms with Gasteiger partial charge in [-0.25, -0.2) is 4.79 Å². The number of fused-ring (bicyclic) bond motifs is 1. The Balaban J connectivity index is 2.36. The van der Waals surface area contributed by atoms with Gasteiger partial charge in [-0.2, -0.15) is 5.10 Å². The molecule has 6 nitrogen and oxygen atoms in total. The third-order valence-electron chi connectivity index (χ3n) is 2.56. The minimum absolute atomic E-state index is 0.0656. The maximum absolute atomic E-state index is 11.8. The molecular weight excluding hydrogens is 260 g/mol. The Bertz CT molecular complexity index is 667. The lowest BCUT2D eigenvalue weighted by Crippen LogP contribution is -2.26. The highest BCUT2D eigenvalue weighted by Gasteiger charge is 2.20. The van der Waals surface area contributed by atoms with Crippen LogP contribution in [0.2, 0.25) is 0 Å². The molecule has 0 aliphatic carbocycles. The fourth-order valence-electron chi connectivity index (χ4n) is 1.90. The summed E-state index contributed by atoms with van der Waals surface area (Å²) in [5.41, 5.74) is -0.0599. The summed E-state index contributed by atoms with van der Waals surface area (Å²) in [6.45, 7) is 5.20. The zero-order valence-corrected chi connectivity index (χ0v) is 11.6. The molecule has 1 aromatic heterocycles. The van der Waals surface area contributed by atoms with Crippen LogP contribution in [0.25, 0.3) is 10.9 Å². The van der Waals surface area contributed by atoms with Crippen LogP contribution in [-0.2, 0) is 16.1 Å². The molecule has 0 amide bonds. The van der Waals surface area contributed by atoms with Crippen molar-refractivity contribution >= 4 is 22.8 Å². The Labute approximate surface area is 116 Å². The van der Waals surface area contributed by atoms with Crippen molar-refractivity contribution in [1.29, 1.82) is 0 Å². The summed E-state index contributed by atoms with van der Waals surface area (Å²) in [6, 6.07) is 6.88. The molecule has 20 heavy (non-hydrogen) atoms. The van der Waals surface area contributed by atoms with E-state index in [1.165, 1.54) is 4.68 Å². The quantitative estimate of drug-likeness (QED) is 0.868. The van der Waals surface area contributed by atoms with Gasteiger partial charge < -0.3 is 9.84 Å². The Morgan fingerprint density at radius 2 is 1.95 bits per heavy atom. The van der Waals surface area contributed by atoms with Crippen molar-refractivity contribution in [3.63, 3.8) is 0 Å². The normalized spacial score (nSPS) is 11.6. The number of ether oxygens (including phenoxy) is 1. The minimum atomic E-state index is -1.12. The first-order chi connectivity index (χ1) is 9.28. The molecular formula is C14H16N2O4. The van der Waals surface area contributed by atoms with Gasteiger partial charge >= 0.3 is 11.9 Å². The molecule has 0 aliphatic rings. The summed E-state index contributed by atoms with van der Waals surface area (Å²) in [7, 11) is 0. The SMILES string of the molecule is CC(C)(C)OC(=O)Cn1nc(C(=O)O)c2ccccc21. The van der Waals surface area contributed by atoms with Crippen molar-refractivity contribution in [2.75, 3.05) is 0 Å². The fourth-order valence-corrected chi connectivity index (χ4v) is 1.90. The topological polar surface area (TPSA) is 81.4 Å². The van der Waals surface area contributed by atoms with Crippen LogP contribution < -0.4 is 0 Å². The number of nitrogens with zero attached hydrogens (tertiary/aromatic N) is 2. The number of rotatable bonds is 3. The molecule has 0 radical (unpaired) electrons. The molecule has 0 saturated heterocycles. The second-order valence-electron chi connectivity index (χ2n) is 5.42. The summed E-state index contributed by atoms with van der Waals surface area (Å²) in [5.74, 6) is -1.58. The predicted molar refractivity (Wildman–Crippen MR) is 72.5 cm³/mol. The lowest BCUT2D eigenvalue weighted by molar-refractivity contribution is -0.155. The van der Waals surface area contributed by atoms with Crippen LogP contribution in [0.5, 0.6) is 0 Å². The molecule has 2 rings (SSSR count). The van der Waals surface area contributed by atoms with Gasteiger partial charge in [0, 0.05) is 5.39 Å². The van der Waals surface area contributed by atoms with Crippen molar-refractivity contribution in [2.24, 2.45) is 0 Å². The van der Waals surface area contributed by atoms with E-state index in [0.717, 1.165) is 0 Å². The predicted octanol–water partition coefficient (Wildman–Crippen LogP) is 2.08. The van der Waals surface area contributed by atoms with E-state index in [0.29, 0.717) is 10.9 Å². The van der Waals surface area contributed by atoms with Gasteiger partial charge in [0.25, 0.3) is 0 Å². The molecule has 1 heterocycles. The van der Waals surface area contributed by atoms with Gasteiger partial charge in [-0.05, 0) is 26.8 Å². The van der Waals surface area contributed by atoms with E-state index in [4.69, 9.17) is 9.84 Å². The van der Waals surface area contributed by atoms with Gasteiger partial charge in [-0.3, -0.25) is 9.48 Å². The van der Waals surface area contributed by atoms with Crippen molar-refractivity contribution in [2.45, 2.75) is 32.9 Å². The number of hydrogen-bond donors (Lipinski definition) is 1. The van der Waals surface area contributed by atoms with Crippen LogP contribution >= 0.6 is 0 Å². The van der Waals surface area contributed by atoms with Gasteiger partial charge in [-0.15, -0.1) is 0 Å². The molecule has 0 atom stereocenters. The van der Waals surface area contributed by atoms with Crippen molar-refractivity contribution in [3.8, 4) is 0 Å². The van der Waals surface area contributed by atoms with E-state index in [2.05, 4.69) is 5.10 Å². The van der Waals surface area contributed by atoms with Crippen LogP contribution in [0.1, 0.15) is 31.3 Å². The maximum atomic E-state index is 11.8. The molecule has 0 spiro atoms. The number of carbonyl (C=O) groups is 2. The lowest BCUT2D eigenvalue weighted by Gasteiger charge is -2.19. The van der Waals surface area contributed by atoms with Crippen molar-refractivity contribution in [1.82, 2.24) is 9.78 Å². The second-order valence-corrected chi connectivity index (χ2v) is 5.42. The molecule has 1 aromatic carbocycles. The highest BCUT2D eigenvalue weighted by atomic mass is 16.6. The van der Waals surface area contributed by atoms with Gasteiger partial charge in [0.2, 0.25) is 0 Å². The molecule has 0 bridgehead atoms. The average Bonchev–Trinajstić information content (AvgIpc) is 2.66. The van der Waals surface area contributed by atoms with E-state index in [1.54, 1.807) is 45.0 Å². The number of aromatic carboxylic acids is 1. The van der Waals surface area contributed by atoms with Gasteiger partial charge in [0.1, 0.15) is 12.1 Å². The average molecular weight is 276 g/mol. The van der Waals surface area contributed by atoms with Crippen LogP contribution in [0, 0.1) is 0 Å². The number of para-hydroxylation sites is 1. The fraction of sp³-hybridized carbons (Fsp3) is 0.357. The number of benzene rings is 1. The van der Waals surface area contributed by atoms with E-state index in [9.17, 15) is 9.59 Å². The number of carboxylic acid groups (broad SMARTS) is 1. The third kappa shape index (κ3) is 2.96. The Morgan fingerprint density at radius 1 is 1.30 bits per heavy atom. The Hall–Kier alpha value is -2.37. The minimum Gasteiger partial charge on any atom is -0.476 e. The van der Waals surface area contributed by atoms with Crippen LogP contribution in [-0.4, -0.2) is 32.4 Å². The van der Waals surface area contributed by atoms with Gasteiger partial charge in [-0.1, -0.05) is 18.2 Å². The molecule has 6 heteroatoms. The third-order valence-corrected chi connectivity index (χ3v) is 2.56. The molecule has 0 fully saturated rings. The zero-order valence-electron chi connectivity index (χ0n) is 11.6. The first kappa shape index (κ1) is 14.0. The zero-order chi connectivity index (χ0) is 14.9. The number of carbonyl (C=O) groups excluding carboxylic acids is 1.